The first-order valence-electron chi connectivity index (χ1n) is 9.95. The number of hydrogen-bond acceptors (Lipinski definition) is 5. The minimum Gasteiger partial charge on any atom is -0.452 e. The Morgan fingerprint density at radius 1 is 1.29 bits per heavy atom. The standard InChI is InChI=1S/C21H27N3O4/c1-3-16-8-6-7-12-24(16)20(26)15(2)28-19(25)11-13-23-14-22-18-10-5-4-9-17(18)21(23)27/h4-5,9-10,14-16H,3,6-8,11-13H2,1-2H3. The predicted molar refractivity (Wildman–Crippen MR) is 106 cm³/mol. The average Bonchev–Trinajstić information content (AvgIpc) is 2.72. The molecule has 3 rings (SSSR count). The maximum Gasteiger partial charge on any atom is 0.308 e. The zero-order valence-electron chi connectivity index (χ0n) is 16.5. The Bertz CT molecular complexity index is 908. The van der Waals surface area contributed by atoms with Crippen LogP contribution in [0.1, 0.15) is 46.0 Å². The summed E-state index contributed by atoms with van der Waals surface area (Å²) in [5, 5.41) is 0.512. The van der Waals surface area contributed by atoms with Crippen LogP contribution < -0.4 is 5.56 Å². The molecule has 2 unspecified atom stereocenters. The van der Waals surface area contributed by atoms with Crippen LogP contribution in [0.5, 0.6) is 0 Å². The van der Waals surface area contributed by atoms with Gasteiger partial charge in [-0.3, -0.25) is 19.0 Å². The van der Waals surface area contributed by atoms with Gasteiger partial charge in [-0.15, -0.1) is 0 Å². The predicted octanol–water partition coefficient (Wildman–Crippen LogP) is 2.51. The van der Waals surface area contributed by atoms with E-state index in [0.717, 1.165) is 32.2 Å². The van der Waals surface area contributed by atoms with E-state index in [4.69, 9.17) is 4.74 Å². The smallest absolute Gasteiger partial charge is 0.308 e. The number of ether oxygens (including phenoxy) is 1. The minimum atomic E-state index is -0.814. The number of carbonyl (C=O) groups is 2. The van der Waals surface area contributed by atoms with Gasteiger partial charge in [-0.1, -0.05) is 19.1 Å². The average molecular weight is 385 g/mol. The Morgan fingerprint density at radius 3 is 2.86 bits per heavy atom. The van der Waals surface area contributed by atoms with E-state index in [1.165, 1.54) is 10.9 Å². The summed E-state index contributed by atoms with van der Waals surface area (Å²) in [6.45, 7) is 4.57. The first kappa shape index (κ1) is 20.0. The largest absolute Gasteiger partial charge is 0.452 e. The zero-order chi connectivity index (χ0) is 20.1. The van der Waals surface area contributed by atoms with E-state index in [1.807, 2.05) is 11.0 Å². The molecule has 2 atom stereocenters. The number of aryl methyl sites for hydroxylation is 1. The fraction of sp³-hybridized carbons (Fsp3) is 0.524. The number of fused-ring (bicyclic) bond motifs is 1. The van der Waals surface area contributed by atoms with Crippen LogP contribution in [0.4, 0.5) is 0 Å². The second-order valence-corrected chi connectivity index (χ2v) is 7.23. The number of likely N-dealkylation sites (tertiary alicyclic amines) is 1. The van der Waals surface area contributed by atoms with E-state index in [2.05, 4.69) is 11.9 Å². The molecule has 1 saturated heterocycles. The molecule has 1 aromatic carbocycles. The zero-order valence-corrected chi connectivity index (χ0v) is 16.5. The molecule has 1 aliphatic rings. The number of benzene rings is 1. The third-order valence-corrected chi connectivity index (χ3v) is 5.33. The van der Waals surface area contributed by atoms with E-state index < -0.39 is 12.1 Å². The molecule has 28 heavy (non-hydrogen) atoms. The molecular weight excluding hydrogens is 358 g/mol. The highest BCUT2D eigenvalue weighted by molar-refractivity contribution is 5.84. The summed E-state index contributed by atoms with van der Waals surface area (Å²) in [4.78, 5) is 43.4. The Hall–Kier alpha value is -2.70. The second-order valence-electron chi connectivity index (χ2n) is 7.23. The summed E-state index contributed by atoms with van der Waals surface area (Å²) in [6, 6.07) is 7.31. The summed E-state index contributed by atoms with van der Waals surface area (Å²) in [5.41, 5.74) is 0.430. The van der Waals surface area contributed by atoms with Crippen molar-refractivity contribution in [3.05, 3.63) is 40.9 Å². The Labute approximate surface area is 164 Å². The Balaban J connectivity index is 1.57. The molecule has 7 nitrogen and oxygen atoms in total. The number of amides is 1. The third kappa shape index (κ3) is 4.40. The van der Waals surface area contributed by atoms with Gasteiger partial charge >= 0.3 is 5.97 Å². The maximum atomic E-state index is 12.7. The lowest BCUT2D eigenvalue weighted by Crippen LogP contribution is -2.48. The van der Waals surface area contributed by atoms with Crippen molar-refractivity contribution in [3.63, 3.8) is 0 Å². The first-order chi connectivity index (χ1) is 13.5. The van der Waals surface area contributed by atoms with Gasteiger partial charge in [0.15, 0.2) is 6.10 Å². The highest BCUT2D eigenvalue weighted by atomic mass is 16.5. The number of aromatic nitrogens is 2. The molecule has 2 aromatic rings. The van der Waals surface area contributed by atoms with Gasteiger partial charge < -0.3 is 9.64 Å². The van der Waals surface area contributed by atoms with Gasteiger partial charge in [0.05, 0.1) is 23.7 Å². The van der Waals surface area contributed by atoms with E-state index in [-0.39, 0.29) is 30.5 Å². The summed E-state index contributed by atoms with van der Waals surface area (Å²) < 4.78 is 6.74. The number of hydrogen-bond donors (Lipinski definition) is 0. The van der Waals surface area contributed by atoms with Gasteiger partial charge in [0, 0.05) is 19.1 Å². The maximum absolute atomic E-state index is 12.7. The molecular formula is C21H27N3O4. The van der Waals surface area contributed by atoms with Crippen molar-refractivity contribution in [1.82, 2.24) is 14.5 Å². The molecule has 7 heteroatoms. The Kier molecular flexibility index (Phi) is 6.44. The molecule has 1 aliphatic heterocycles. The minimum absolute atomic E-state index is 0.00868. The highest BCUT2D eigenvalue weighted by Gasteiger charge is 2.30. The van der Waals surface area contributed by atoms with Gasteiger partial charge in [-0.2, -0.15) is 0 Å². The molecule has 1 amide bonds. The van der Waals surface area contributed by atoms with Gasteiger partial charge in [0.2, 0.25) is 0 Å². The fourth-order valence-corrected chi connectivity index (χ4v) is 3.73. The van der Waals surface area contributed by atoms with Gasteiger partial charge in [0.1, 0.15) is 0 Å². The number of piperidine rings is 1. The molecule has 2 heterocycles. The monoisotopic (exact) mass is 385 g/mol. The highest BCUT2D eigenvalue weighted by Crippen LogP contribution is 2.21. The number of esters is 1. The van der Waals surface area contributed by atoms with Gasteiger partial charge in [0.25, 0.3) is 11.5 Å². The Morgan fingerprint density at radius 2 is 2.07 bits per heavy atom. The molecule has 0 N–H and O–H groups in total. The number of nitrogens with zero attached hydrogens (tertiary/aromatic N) is 3. The fourth-order valence-electron chi connectivity index (χ4n) is 3.73. The van der Waals surface area contributed by atoms with Gasteiger partial charge in [-0.05, 0) is 44.7 Å². The van der Waals surface area contributed by atoms with Crippen LogP contribution in [0.25, 0.3) is 10.9 Å². The molecule has 0 spiro atoms. The lowest BCUT2D eigenvalue weighted by atomic mass is 9.99. The van der Waals surface area contributed by atoms with Crippen molar-refractivity contribution < 1.29 is 14.3 Å². The van der Waals surface area contributed by atoms with Crippen LogP contribution in [0.15, 0.2) is 35.4 Å². The molecule has 150 valence electrons. The van der Waals surface area contributed by atoms with Crippen molar-refractivity contribution in [2.75, 3.05) is 6.54 Å². The first-order valence-corrected chi connectivity index (χ1v) is 9.95. The normalized spacial score (nSPS) is 18.1. The van der Waals surface area contributed by atoms with Crippen molar-refractivity contribution in [3.8, 4) is 0 Å². The molecule has 0 saturated carbocycles. The van der Waals surface area contributed by atoms with Crippen molar-refractivity contribution >= 4 is 22.8 Å². The van der Waals surface area contributed by atoms with Crippen molar-refractivity contribution in [2.45, 2.75) is 64.6 Å². The van der Waals surface area contributed by atoms with E-state index in [1.54, 1.807) is 25.1 Å². The van der Waals surface area contributed by atoms with Crippen LogP contribution in [0.3, 0.4) is 0 Å². The van der Waals surface area contributed by atoms with Crippen LogP contribution >= 0.6 is 0 Å². The van der Waals surface area contributed by atoms with E-state index >= 15 is 0 Å². The molecule has 1 aromatic heterocycles. The van der Waals surface area contributed by atoms with Crippen molar-refractivity contribution in [2.24, 2.45) is 0 Å². The molecule has 0 bridgehead atoms. The summed E-state index contributed by atoms with van der Waals surface area (Å²) in [7, 11) is 0. The lowest BCUT2D eigenvalue weighted by molar-refractivity contribution is -0.161. The van der Waals surface area contributed by atoms with Crippen LogP contribution in [-0.2, 0) is 20.9 Å². The summed E-state index contributed by atoms with van der Waals surface area (Å²) in [6.07, 6.45) is 4.66. The van der Waals surface area contributed by atoms with Crippen LogP contribution in [0, 0.1) is 0 Å². The van der Waals surface area contributed by atoms with Crippen LogP contribution in [-0.4, -0.2) is 45.0 Å². The van der Waals surface area contributed by atoms with Crippen molar-refractivity contribution in [1.29, 1.82) is 0 Å². The lowest BCUT2D eigenvalue weighted by Gasteiger charge is -2.36. The molecule has 1 fully saturated rings. The number of rotatable bonds is 6. The summed E-state index contributed by atoms with van der Waals surface area (Å²) >= 11 is 0. The topological polar surface area (TPSA) is 81.5 Å². The second kappa shape index (κ2) is 8.99. The SMILES string of the molecule is CCC1CCCCN1C(=O)C(C)OC(=O)CCn1cnc2ccccc2c1=O. The number of carbonyl (C=O) groups excluding carboxylic acids is 2. The van der Waals surface area contributed by atoms with E-state index in [0.29, 0.717) is 10.9 Å². The van der Waals surface area contributed by atoms with Crippen LogP contribution in [0.2, 0.25) is 0 Å². The van der Waals surface area contributed by atoms with E-state index in [9.17, 15) is 14.4 Å². The number of para-hydroxylation sites is 1. The summed E-state index contributed by atoms with van der Waals surface area (Å²) in [5.74, 6) is -0.629. The quantitative estimate of drug-likeness (QED) is 0.714. The van der Waals surface area contributed by atoms with Gasteiger partial charge in [-0.25, -0.2) is 4.98 Å². The molecule has 0 radical (unpaired) electrons. The third-order valence-electron chi connectivity index (χ3n) is 5.33. The molecule has 0 aliphatic carbocycles.